The summed E-state index contributed by atoms with van der Waals surface area (Å²) in [5.74, 6) is 0.730. The van der Waals surface area contributed by atoms with Gasteiger partial charge in [0.25, 0.3) is 0 Å². The van der Waals surface area contributed by atoms with Crippen molar-refractivity contribution in [1.82, 2.24) is 4.90 Å². The van der Waals surface area contributed by atoms with E-state index in [1.165, 1.54) is 11.3 Å². The predicted molar refractivity (Wildman–Crippen MR) is 122 cm³/mol. The highest BCUT2D eigenvalue weighted by Crippen LogP contribution is 2.28. The Morgan fingerprint density at radius 1 is 0.968 bits per heavy atom. The molecule has 2 aliphatic rings. The Labute approximate surface area is 185 Å². The van der Waals surface area contributed by atoms with Crippen molar-refractivity contribution in [3.05, 3.63) is 60.2 Å². The molecule has 2 aromatic rings. The molecule has 0 saturated carbocycles. The van der Waals surface area contributed by atoms with Crippen LogP contribution in [0.15, 0.2) is 54.6 Å². The number of piperidine rings is 1. The number of benzene rings is 2. The number of hydrogen-bond donors (Lipinski definition) is 2. The summed E-state index contributed by atoms with van der Waals surface area (Å²) in [5, 5.41) is 22.4. The fourth-order valence-electron chi connectivity index (χ4n) is 4.53. The molecule has 2 saturated heterocycles. The van der Waals surface area contributed by atoms with Crippen LogP contribution in [0.1, 0.15) is 18.4 Å². The number of anilines is 1. The number of ether oxygens (including phenoxy) is 2. The standard InChI is InChI=1S/C25H34N2O4/c1-21-6-5-7-22(16-21)27-12-10-24(28,11-13-27)17-26-14-15-30-19-25(29,18-26)20-31-23-8-3-2-4-9-23/h2-9,16,28-29H,10-15,17-20H2,1H3. The van der Waals surface area contributed by atoms with Crippen LogP contribution in [0.5, 0.6) is 5.75 Å². The summed E-state index contributed by atoms with van der Waals surface area (Å²) in [6.07, 6.45) is 1.41. The van der Waals surface area contributed by atoms with E-state index in [9.17, 15) is 10.2 Å². The Morgan fingerprint density at radius 2 is 1.74 bits per heavy atom. The van der Waals surface area contributed by atoms with Gasteiger partial charge in [-0.25, -0.2) is 0 Å². The molecule has 2 N–H and O–H groups in total. The second kappa shape index (κ2) is 9.57. The average molecular weight is 427 g/mol. The quantitative estimate of drug-likeness (QED) is 0.740. The lowest BCUT2D eigenvalue weighted by molar-refractivity contribution is -0.0742. The molecule has 2 fully saturated rings. The first kappa shape index (κ1) is 22.1. The van der Waals surface area contributed by atoms with Gasteiger partial charge in [-0.05, 0) is 49.6 Å². The minimum Gasteiger partial charge on any atom is -0.490 e. The lowest BCUT2D eigenvalue weighted by atomic mass is 9.90. The Hall–Kier alpha value is -2.12. The molecule has 31 heavy (non-hydrogen) atoms. The Kier molecular flexibility index (Phi) is 6.82. The molecule has 0 radical (unpaired) electrons. The van der Waals surface area contributed by atoms with E-state index in [0.29, 0.717) is 39.1 Å². The SMILES string of the molecule is Cc1cccc(N2CCC(O)(CN3CCOCC(O)(COc4ccccc4)C3)CC2)c1. The molecule has 6 heteroatoms. The molecule has 0 aromatic heterocycles. The lowest BCUT2D eigenvalue weighted by Gasteiger charge is -2.42. The maximum absolute atomic E-state index is 11.3. The van der Waals surface area contributed by atoms with Gasteiger partial charge in [0.2, 0.25) is 0 Å². The van der Waals surface area contributed by atoms with Crippen molar-refractivity contribution >= 4 is 5.69 Å². The molecule has 1 atom stereocenters. The highest BCUT2D eigenvalue weighted by molar-refractivity contribution is 5.48. The predicted octanol–water partition coefficient (Wildman–Crippen LogP) is 2.47. The maximum atomic E-state index is 11.3. The molecule has 4 rings (SSSR count). The van der Waals surface area contributed by atoms with E-state index < -0.39 is 11.2 Å². The molecule has 1 unspecified atom stereocenters. The molecule has 0 amide bonds. The van der Waals surface area contributed by atoms with Gasteiger partial charge in [0, 0.05) is 38.4 Å². The van der Waals surface area contributed by atoms with E-state index in [2.05, 4.69) is 41.0 Å². The molecular weight excluding hydrogens is 392 g/mol. The molecule has 168 valence electrons. The highest BCUT2D eigenvalue weighted by Gasteiger charge is 2.39. The van der Waals surface area contributed by atoms with Crippen molar-refractivity contribution in [2.45, 2.75) is 31.0 Å². The van der Waals surface area contributed by atoms with Crippen molar-refractivity contribution in [2.75, 3.05) is 57.4 Å². The third-order valence-electron chi connectivity index (χ3n) is 6.27. The van der Waals surface area contributed by atoms with Gasteiger partial charge >= 0.3 is 0 Å². The number of hydrogen-bond acceptors (Lipinski definition) is 6. The van der Waals surface area contributed by atoms with Crippen molar-refractivity contribution in [1.29, 1.82) is 0 Å². The van der Waals surface area contributed by atoms with Crippen LogP contribution < -0.4 is 9.64 Å². The Bertz CT molecular complexity index is 838. The van der Waals surface area contributed by atoms with Gasteiger partial charge in [-0.3, -0.25) is 4.90 Å². The first-order valence-corrected chi connectivity index (χ1v) is 11.2. The van der Waals surface area contributed by atoms with Crippen molar-refractivity contribution in [2.24, 2.45) is 0 Å². The van der Waals surface area contributed by atoms with Gasteiger partial charge in [0.15, 0.2) is 0 Å². The van der Waals surface area contributed by atoms with E-state index in [0.717, 1.165) is 18.8 Å². The van der Waals surface area contributed by atoms with Gasteiger partial charge in [-0.1, -0.05) is 30.3 Å². The molecule has 0 spiro atoms. The number of aliphatic hydroxyl groups is 2. The zero-order valence-corrected chi connectivity index (χ0v) is 18.4. The summed E-state index contributed by atoms with van der Waals surface area (Å²) in [7, 11) is 0. The topological polar surface area (TPSA) is 65.4 Å². The smallest absolute Gasteiger partial charge is 0.134 e. The van der Waals surface area contributed by atoms with Gasteiger partial charge in [0.1, 0.15) is 18.0 Å². The summed E-state index contributed by atoms with van der Waals surface area (Å²) in [5.41, 5.74) is 0.606. The van der Waals surface area contributed by atoms with Crippen molar-refractivity contribution in [3.8, 4) is 5.75 Å². The molecule has 2 aliphatic heterocycles. The Morgan fingerprint density at radius 3 is 2.48 bits per heavy atom. The van der Waals surface area contributed by atoms with Gasteiger partial charge in [0.05, 0.1) is 18.8 Å². The van der Waals surface area contributed by atoms with Crippen LogP contribution in [0.25, 0.3) is 0 Å². The molecule has 2 aromatic carbocycles. The minimum absolute atomic E-state index is 0.160. The number of β-amino-alcohol motifs (C(OH)–C–C–N with tert-alkyl or cyclic N) is 2. The average Bonchev–Trinajstić information content (AvgIpc) is 2.94. The zero-order chi connectivity index (χ0) is 21.7. The van der Waals surface area contributed by atoms with Gasteiger partial charge < -0.3 is 24.6 Å². The molecule has 2 heterocycles. The van der Waals surface area contributed by atoms with E-state index >= 15 is 0 Å². The van der Waals surface area contributed by atoms with Crippen LogP contribution in [0.2, 0.25) is 0 Å². The third-order valence-corrected chi connectivity index (χ3v) is 6.27. The fourth-order valence-corrected chi connectivity index (χ4v) is 4.53. The largest absolute Gasteiger partial charge is 0.490 e. The summed E-state index contributed by atoms with van der Waals surface area (Å²) >= 11 is 0. The zero-order valence-electron chi connectivity index (χ0n) is 18.4. The second-order valence-electron chi connectivity index (χ2n) is 9.14. The van der Waals surface area contributed by atoms with E-state index in [4.69, 9.17) is 9.47 Å². The lowest BCUT2D eigenvalue weighted by Crippen LogP contribution is -2.55. The van der Waals surface area contributed by atoms with Gasteiger partial charge in [-0.15, -0.1) is 0 Å². The number of para-hydroxylation sites is 1. The maximum Gasteiger partial charge on any atom is 0.134 e. The third kappa shape index (κ3) is 5.98. The van der Waals surface area contributed by atoms with E-state index in [1.807, 2.05) is 30.3 Å². The fraction of sp³-hybridized carbons (Fsp3) is 0.520. The van der Waals surface area contributed by atoms with Crippen LogP contribution in [-0.2, 0) is 4.74 Å². The summed E-state index contributed by atoms with van der Waals surface area (Å²) in [4.78, 5) is 4.47. The van der Waals surface area contributed by atoms with Crippen LogP contribution in [0.3, 0.4) is 0 Å². The van der Waals surface area contributed by atoms with Crippen molar-refractivity contribution < 1.29 is 19.7 Å². The molecule has 0 bridgehead atoms. The molecular formula is C25H34N2O4. The summed E-state index contributed by atoms with van der Waals surface area (Å²) in [6, 6.07) is 18.0. The van der Waals surface area contributed by atoms with Crippen LogP contribution in [0.4, 0.5) is 5.69 Å². The van der Waals surface area contributed by atoms with E-state index in [1.54, 1.807) is 0 Å². The van der Waals surface area contributed by atoms with Gasteiger partial charge in [-0.2, -0.15) is 0 Å². The van der Waals surface area contributed by atoms with Crippen LogP contribution in [-0.4, -0.2) is 78.9 Å². The minimum atomic E-state index is -1.11. The van der Waals surface area contributed by atoms with E-state index in [-0.39, 0.29) is 13.2 Å². The highest BCUT2D eigenvalue weighted by atomic mass is 16.5. The molecule has 0 aliphatic carbocycles. The normalized spacial score (nSPS) is 24.5. The van der Waals surface area contributed by atoms with Crippen LogP contribution in [0, 0.1) is 6.92 Å². The second-order valence-corrected chi connectivity index (χ2v) is 9.14. The number of rotatable bonds is 6. The summed E-state index contributed by atoms with van der Waals surface area (Å²) < 4.78 is 11.5. The van der Waals surface area contributed by atoms with Crippen LogP contribution >= 0.6 is 0 Å². The number of nitrogens with zero attached hydrogens (tertiary/aromatic N) is 2. The Balaban J connectivity index is 1.33. The first-order chi connectivity index (χ1) is 14.9. The molecule has 6 nitrogen and oxygen atoms in total. The number of aryl methyl sites for hydroxylation is 1. The monoisotopic (exact) mass is 426 g/mol. The summed E-state index contributed by atoms with van der Waals surface area (Å²) in [6.45, 7) is 6.33. The first-order valence-electron chi connectivity index (χ1n) is 11.2. The van der Waals surface area contributed by atoms with Crippen molar-refractivity contribution in [3.63, 3.8) is 0 Å².